The second-order valence-electron chi connectivity index (χ2n) is 10.4. The SMILES string of the molecule is Oc1cc(-c2ncc3c(N4CC5CCC(C5)C4)nc(N4CCCC4)nc3c2F)c2ccccc2c1. The number of hydrogen-bond acceptors (Lipinski definition) is 6. The zero-order chi connectivity index (χ0) is 23.5. The third-order valence-electron chi connectivity index (χ3n) is 8.05. The molecule has 0 radical (unpaired) electrons. The van der Waals surface area contributed by atoms with Crippen LogP contribution in [0.5, 0.6) is 5.75 Å². The van der Waals surface area contributed by atoms with E-state index in [-0.39, 0.29) is 11.4 Å². The van der Waals surface area contributed by atoms with Gasteiger partial charge in [0.1, 0.15) is 22.8 Å². The summed E-state index contributed by atoms with van der Waals surface area (Å²) in [4.78, 5) is 18.9. The number of aromatic nitrogens is 3. The predicted octanol–water partition coefficient (Wildman–Crippen LogP) is 5.53. The van der Waals surface area contributed by atoms with Crippen LogP contribution in [0.4, 0.5) is 16.2 Å². The number of nitrogens with zero attached hydrogens (tertiary/aromatic N) is 5. The summed E-state index contributed by atoms with van der Waals surface area (Å²) in [6, 6.07) is 10.9. The summed E-state index contributed by atoms with van der Waals surface area (Å²) in [5.41, 5.74) is 1.09. The van der Waals surface area contributed by atoms with Gasteiger partial charge in [0.15, 0.2) is 5.82 Å². The molecule has 4 aromatic rings. The largest absolute Gasteiger partial charge is 0.508 e. The van der Waals surface area contributed by atoms with Crippen LogP contribution >= 0.6 is 0 Å². The average Bonchev–Trinajstić information content (AvgIpc) is 3.53. The first-order valence-corrected chi connectivity index (χ1v) is 12.7. The number of phenolic OH excluding ortho intramolecular Hbond substituents is 1. The van der Waals surface area contributed by atoms with Crippen LogP contribution in [-0.4, -0.2) is 46.2 Å². The number of piperidine rings is 1. The van der Waals surface area contributed by atoms with Gasteiger partial charge in [-0.1, -0.05) is 24.3 Å². The molecule has 1 saturated carbocycles. The van der Waals surface area contributed by atoms with Crippen LogP contribution < -0.4 is 9.80 Å². The minimum absolute atomic E-state index is 0.0879. The maximum Gasteiger partial charge on any atom is 0.228 e. The van der Waals surface area contributed by atoms with Crippen LogP contribution in [0.1, 0.15) is 32.1 Å². The molecule has 6 nitrogen and oxygen atoms in total. The van der Waals surface area contributed by atoms with Crippen molar-refractivity contribution in [2.75, 3.05) is 36.0 Å². The lowest BCUT2D eigenvalue weighted by Gasteiger charge is -2.34. The van der Waals surface area contributed by atoms with E-state index in [1.807, 2.05) is 24.3 Å². The molecule has 2 atom stereocenters. The second-order valence-corrected chi connectivity index (χ2v) is 10.4. The summed E-state index contributed by atoms with van der Waals surface area (Å²) in [6.07, 6.45) is 7.76. The molecule has 178 valence electrons. The number of halogens is 1. The lowest BCUT2D eigenvalue weighted by molar-refractivity contribution is 0.419. The monoisotopic (exact) mass is 469 g/mol. The van der Waals surface area contributed by atoms with Gasteiger partial charge in [-0.3, -0.25) is 4.98 Å². The summed E-state index contributed by atoms with van der Waals surface area (Å²) >= 11 is 0. The average molecular weight is 470 g/mol. The standard InChI is InChI=1S/C28H28FN5O/c29-24-25(22-13-20(35)12-19-5-1-2-6-21(19)22)30-14-23-26(24)31-28(33-9-3-4-10-33)32-27(23)34-15-17-7-8-18(11-17)16-34/h1-2,5-6,12-14,17-18,35H,3-4,7-11,15-16H2. The van der Waals surface area contributed by atoms with E-state index in [2.05, 4.69) is 14.8 Å². The molecular formula is C28H28FN5O. The third kappa shape index (κ3) is 3.48. The Labute approximate surface area is 203 Å². The van der Waals surface area contributed by atoms with Crippen LogP contribution in [-0.2, 0) is 0 Å². The molecule has 2 saturated heterocycles. The zero-order valence-corrected chi connectivity index (χ0v) is 19.6. The van der Waals surface area contributed by atoms with E-state index in [1.54, 1.807) is 18.3 Å². The Hall–Kier alpha value is -3.48. The first kappa shape index (κ1) is 20.9. The van der Waals surface area contributed by atoms with Crippen LogP contribution in [0, 0.1) is 17.7 Å². The normalized spacial score (nSPS) is 22.0. The van der Waals surface area contributed by atoms with Gasteiger partial charge < -0.3 is 14.9 Å². The highest BCUT2D eigenvalue weighted by Crippen LogP contribution is 2.41. The predicted molar refractivity (Wildman–Crippen MR) is 136 cm³/mol. The lowest BCUT2D eigenvalue weighted by Crippen LogP contribution is -2.37. The molecule has 3 fully saturated rings. The molecule has 4 heterocycles. The molecule has 2 aromatic carbocycles. The van der Waals surface area contributed by atoms with Crippen LogP contribution in [0.15, 0.2) is 42.6 Å². The molecule has 1 aliphatic carbocycles. The maximum absolute atomic E-state index is 16.3. The Morgan fingerprint density at radius 1 is 0.914 bits per heavy atom. The molecule has 7 heteroatoms. The molecule has 2 unspecified atom stereocenters. The van der Waals surface area contributed by atoms with Gasteiger partial charge in [-0.05, 0) is 66.8 Å². The van der Waals surface area contributed by atoms with Gasteiger partial charge in [0, 0.05) is 37.9 Å². The Morgan fingerprint density at radius 3 is 2.49 bits per heavy atom. The highest BCUT2D eigenvalue weighted by Gasteiger charge is 2.35. The van der Waals surface area contributed by atoms with Crippen molar-refractivity contribution in [1.82, 2.24) is 15.0 Å². The summed E-state index contributed by atoms with van der Waals surface area (Å²) in [6.45, 7) is 3.71. The topological polar surface area (TPSA) is 65.4 Å². The van der Waals surface area contributed by atoms with Crippen LogP contribution in [0.2, 0.25) is 0 Å². The number of aromatic hydroxyl groups is 1. The minimum Gasteiger partial charge on any atom is -0.508 e. The minimum atomic E-state index is -0.456. The van der Waals surface area contributed by atoms with Crippen molar-refractivity contribution in [3.8, 4) is 17.0 Å². The highest BCUT2D eigenvalue weighted by atomic mass is 19.1. The fourth-order valence-corrected chi connectivity index (χ4v) is 6.39. The summed E-state index contributed by atoms with van der Waals surface area (Å²) in [5.74, 6) is 2.42. The Balaban J connectivity index is 1.44. The Kier molecular flexibility index (Phi) is 4.79. The number of fused-ring (bicyclic) bond motifs is 4. The molecule has 2 aromatic heterocycles. The van der Waals surface area contributed by atoms with Gasteiger partial charge >= 0.3 is 0 Å². The van der Waals surface area contributed by atoms with E-state index in [9.17, 15) is 5.11 Å². The number of benzene rings is 2. The van der Waals surface area contributed by atoms with Crippen molar-refractivity contribution in [2.24, 2.45) is 11.8 Å². The van der Waals surface area contributed by atoms with E-state index < -0.39 is 5.82 Å². The van der Waals surface area contributed by atoms with Crippen molar-refractivity contribution in [3.63, 3.8) is 0 Å². The number of pyridine rings is 1. The van der Waals surface area contributed by atoms with Gasteiger partial charge in [-0.15, -0.1) is 0 Å². The maximum atomic E-state index is 16.3. The van der Waals surface area contributed by atoms with E-state index >= 15 is 4.39 Å². The molecular weight excluding hydrogens is 441 g/mol. The number of anilines is 2. The Bertz CT molecular complexity index is 1440. The fraction of sp³-hybridized carbons (Fsp3) is 0.393. The Morgan fingerprint density at radius 2 is 1.69 bits per heavy atom. The molecule has 2 aliphatic heterocycles. The van der Waals surface area contributed by atoms with Crippen LogP contribution in [0.25, 0.3) is 32.9 Å². The van der Waals surface area contributed by atoms with Crippen molar-refractivity contribution in [2.45, 2.75) is 32.1 Å². The van der Waals surface area contributed by atoms with Crippen LogP contribution in [0.3, 0.4) is 0 Å². The lowest BCUT2D eigenvalue weighted by atomic mass is 9.98. The van der Waals surface area contributed by atoms with Crippen molar-refractivity contribution < 1.29 is 9.50 Å². The third-order valence-corrected chi connectivity index (χ3v) is 8.05. The van der Waals surface area contributed by atoms with E-state index in [4.69, 9.17) is 9.97 Å². The molecule has 0 spiro atoms. The van der Waals surface area contributed by atoms with E-state index in [0.29, 0.717) is 34.3 Å². The molecule has 0 amide bonds. The van der Waals surface area contributed by atoms with Crippen molar-refractivity contribution in [1.29, 1.82) is 0 Å². The molecule has 35 heavy (non-hydrogen) atoms. The van der Waals surface area contributed by atoms with Gasteiger partial charge in [0.05, 0.1) is 5.39 Å². The molecule has 7 rings (SSSR count). The number of rotatable bonds is 3. The highest BCUT2D eigenvalue weighted by molar-refractivity contribution is 6.00. The molecule has 3 aliphatic rings. The molecule has 1 N–H and O–H groups in total. The van der Waals surface area contributed by atoms with E-state index in [1.165, 1.54) is 19.3 Å². The van der Waals surface area contributed by atoms with E-state index in [0.717, 1.165) is 55.6 Å². The summed E-state index contributed by atoms with van der Waals surface area (Å²) < 4.78 is 16.3. The smallest absolute Gasteiger partial charge is 0.228 e. The summed E-state index contributed by atoms with van der Waals surface area (Å²) in [5, 5.41) is 12.7. The number of phenols is 1. The van der Waals surface area contributed by atoms with Gasteiger partial charge in [-0.25, -0.2) is 9.37 Å². The van der Waals surface area contributed by atoms with Gasteiger partial charge in [-0.2, -0.15) is 4.98 Å². The first-order valence-electron chi connectivity index (χ1n) is 12.7. The second kappa shape index (κ2) is 8.04. The van der Waals surface area contributed by atoms with Gasteiger partial charge in [0.25, 0.3) is 0 Å². The quantitative estimate of drug-likeness (QED) is 0.426. The summed E-state index contributed by atoms with van der Waals surface area (Å²) in [7, 11) is 0. The first-order chi connectivity index (χ1) is 17.1. The zero-order valence-electron chi connectivity index (χ0n) is 19.6. The van der Waals surface area contributed by atoms with Gasteiger partial charge in [0.2, 0.25) is 5.95 Å². The van der Waals surface area contributed by atoms with Crippen molar-refractivity contribution >= 4 is 33.4 Å². The number of hydrogen-bond donors (Lipinski definition) is 1. The fourth-order valence-electron chi connectivity index (χ4n) is 6.39. The molecule has 2 bridgehead atoms. The van der Waals surface area contributed by atoms with Crippen molar-refractivity contribution in [3.05, 3.63) is 48.4 Å².